The topological polar surface area (TPSA) is 247 Å². The summed E-state index contributed by atoms with van der Waals surface area (Å²) in [5.74, 6) is -4.41. The Hall–Kier alpha value is -5.31. The van der Waals surface area contributed by atoms with E-state index in [1.807, 2.05) is 41.5 Å². The summed E-state index contributed by atoms with van der Waals surface area (Å²) in [6, 6.07) is 9.37. The molecule has 4 rings (SSSR count). The highest BCUT2D eigenvalue weighted by Gasteiger charge is 2.44. The number of nitro benzene ring substituents is 1. The highest BCUT2D eigenvalue weighted by Crippen LogP contribution is 2.32. The molecule has 0 spiro atoms. The molecule has 3 amide bonds. The smallest absolute Gasteiger partial charge is 0.395 e. The molecule has 2 aromatic rings. The Morgan fingerprint density at radius 2 is 1.39 bits per heavy atom. The first-order valence-electron chi connectivity index (χ1n) is 24.1. The molecule has 20 heteroatoms. The van der Waals surface area contributed by atoms with Gasteiger partial charge in [0.2, 0.25) is 27.7 Å². The van der Waals surface area contributed by atoms with Gasteiger partial charge in [0.1, 0.15) is 17.3 Å². The number of nitro groups is 1. The number of ketones is 2. The highest BCUT2D eigenvalue weighted by atomic mass is 32.2. The van der Waals surface area contributed by atoms with Gasteiger partial charge in [-0.25, -0.2) is 13.2 Å². The zero-order chi connectivity index (χ0) is 52.2. The Morgan fingerprint density at radius 1 is 0.800 bits per heavy atom. The fourth-order valence-corrected chi connectivity index (χ4v) is 10.9. The van der Waals surface area contributed by atoms with Gasteiger partial charge in [-0.1, -0.05) is 60.6 Å². The number of carbonyl (C=O) groups excluding carboxylic acids is 6. The summed E-state index contributed by atoms with van der Waals surface area (Å²) in [5.41, 5.74) is 0.338. The molecule has 0 unspecified atom stereocenters. The minimum absolute atomic E-state index is 0.0174. The maximum absolute atomic E-state index is 14.4. The van der Waals surface area contributed by atoms with Crippen molar-refractivity contribution >= 4 is 51.2 Å². The molecule has 2 aromatic carbocycles. The van der Waals surface area contributed by atoms with Crippen molar-refractivity contribution in [3.05, 3.63) is 64.2 Å². The number of sulfonamides is 1. The van der Waals surface area contributed by atoms with Gasteiger partial charge in [0, 0.05) is 70.5 Å². The van der Waals surface area contributed by atoms with Crippen LogP contribution in [0.1, 0.15) is 99.0 Å². The maximum Gasteiger partial charge on any atom is 0.519 e. The van der Waals surface area contributed by atoms with Gasteiger partial charge in [0.15, 0.2) is 5.78 Å². The summed E-state index contributed by atoms with van der Waals surface area (Å²) in [4.78, 5) is 96.1. The number of hydrogen-bond donors (Lipinski definition) is 2. The van der Waals surface area contributed by atoms with Crippen LogP contribution in [0, 0.1) is 45.6 Å². The summed E-state index contributed by atoms with van der Waals surface area (Å²) < 4.78 is 50.3. The third-order valence-corrected chi connectivity index (χ3v) is 15.4. The van der Waals surface area contributed by atoms with Gasteiger partial charge in [-0.2, -0.15) is 0 Å². The predicted octanol–water partition coefficient (Wildman–Crippen LogP) is 5.90. The van der Waals surface area contributed by atoms with E-state index in [4.69, 9.17) is 18.9 Å². The quantitative estimate of drug-likeness (QED) is 0.0458. The van der Waals surface area contributed by atoms with E-state index in [1.54, 1.807) is 43.0 Å². The normalized spacial score (nSPS) is 18.1. The molecule has 2 aliphatic rings. The van der Waals surface area contributed by atoms with Gasteiger partial charge in [-0.15, -0.1) is 0 Å². The van der Waals surface area contributed by atoms with Crippen LogP contribution in [-0.4, -0.2) is 129 Å². The Labute approximate surface area is 412 Å². The SMILES string of the molecule is CN[C@H](C(=O)C[C@H](C(=O)N(C)[C@@H](C(C)C)[C@@H](CC(=O)N1CCC[C@H]1[C@H](OC)[C@@H](C)C(=O)C[C@@H](Cc1ccc(OC(=O)Oc2ccc([N+](=O)[O-])cc2)cc1)C(=O)NS(=O)(=O)C1CC1)OC)C(C)C)C(C)C. The van der Waals surface area contributed by atoms with Crippen molar-refractivity contribution in [2.24, 2.45) is 35.5 Å². The molecule has 8 atom stereocenters. The Balaban J connectivity index is 1.47. The van der Waals surface area contributed by atoms with Crippen LogP contribution in [0.2, 0.25) is 0 Å². The third-order valence-electron chi connectivity index (χ3n) is 13.6. The van der Waals surface area contributed by atoms with Crippen molar-refractivity contribution in [1.29, 1.82) is 0 Å². The molecular formula is C50H73N5O14S. The van der Waals surface area contributed by atoms with E-state index < -0.39 is 80.3 Å². The zero-order valence-electron chi connectivity index (χ0n) is 42.4. The van der Waals surface area contributed by atoms with Gasteiger partial charge in [0.05, 0.1) is 46.9 Å². The maximum atomic E-state index is 14.4. The second-order valence-corrected chi connectivity index (χ2v) is 21.6. The summed E-state index contributed by atoms with van der Waals surface area (Å²) in [5, 5.41) is 13.3. The second-order valence-electron chi connectivity index (χ2n) is 19.6. The van der Waals surface area contributed by atoms with Crippen LogP contribution < -0.4 is 19.5 Å². The summed E-state index contributed by atoms with van der Waals surface area (Å²) >= 11 is 0. The standard InChI is InChI=1S/C50H73N5O14S/c1-29(2)39(27-42(57)45(51-8)30(3)4)49(60)53(9)46(31(5)6)43(66-10)28-44(58)54-24-12-13-40(54)47(67-11)32(7)41(56)26-34(48(59)52-70(64,65)38-22-23-38)25-33-14-18-36(19-15-33)68-50(61)69-37-20-16-35(17-21-37)55(62)63/h14-21,29-32,34,38-40,43,45-47,51H,12-13,22-28H2,1-11H3,(H,52,59)/t32-,34+,39-,40-,43+,45-,46-,47+/m0/s1. The lowest BCUT2D eigenvalue weighted by Crippen LogP contribution is -2.54. The van der Waals surface area contributed by atoms with Gasteiger partial charge in [0.25, 0.3) is 5.69 Å². The Morgan fingerprint density at radius 3 is 1.87 bits per heavy atom. The first-order chi connectivity index (χ1) is 32.9. The molecule has 1 heterocycles. The monoisotopic (exact) mass is 999 g/mol. The number of rotatable bonds is 27. The summed E-state index contributed by atoms with van der Waals surface area (Å²) in [6.45, 7) is 13.7. The van der Waals surface area contributed by atoms with E-state index in [0.29, 0.717) is 37.8 Å². The predicted molar refractivity (Wildman–Crippen MR) is 260 cm³/mol. The minimum atomic E-state index is -3.97. The van der Waals surface area contributed by atoms with Crippen LogP contribution in [0.25, 0.3) is 0 Å². The summed E-state index contributed by atoms with van der Waals surface area (Å²) in [7, 11) is 2.42. The lowest BCUT2D eigenvalue weighted by atomic mass is 9.84. The average Bonchev–Trinajstić information content (AvgIpc) is 4.06. The van der Waals surface area contributed by atoms with E-state index >= 15 is 0 Å². The zero-order valence-corrected chi connectivity index (χ0v) is 43.2. The van der Waals surface area contributed by atoms with Crippen LogP contribution in [0.5, 0.6) is 11.5 Å². The van der Waals surface area contributed by atoms with Crippen LogP contribution >= 0.6 is 0 Å². The van der Waals surface area contributed by atoms with Crippen LogP contribution in [0.3, 0.4) is 0 Å². The number of methoxy groups -OCH3 is 2. The van der Waals surface area contributed by atoms with E-state index in [1.165, 1.54) is 50.6 Å². The van der Waals surface area contributed by atoms with E-state index in [-0.39, 0.29) is 84.0 Å². The number of benzene rings is 2. The lowest BCUT2D eigenvalue weighted by Gasteiger charge is -2.40. The molecule has 0 aromatic heterocycles. The molecule has 19 nitrogen and oxygen atoms in total. The number of ether oxygens (including phenoxy) is 4. The van der Waals surface area contributed by atoms with Gasteiger partial charge in [-0.05, 0) is 86.7 Å². The minimum Gasteiger partial charge on any atom is -0.395 e. The third kappa shape index (κ3) is 15.3. The molecule has 70 heavy (non-hydrogen) atoms. The number of carbonyl (C=O) groups is 6. The average molecular weight is 1000 g/mol. The molecular weight excluding hydrogens is 927 g/mol. The van der Waals surface area contributed by atoms with Crippen LogP contribution in [0.15, 0.2) is 48.5 Å². The molecule has 1 aliphatic carbocycles. The fraction of sp³-hybridized carbons (Fsp3) is 0.640. The first kappa shape index (κ1) is 57.3. The molecule has 2 fully saturated rings. The van der Waals surface area contributed by atoms with E-state index in [0.717, 1.165) is 0 Å². The fourth-order valence-electron chi connectivity index (χ4n) is 9.51. The van der Waals surface area contributed by atoms with E-state index in [2.05, 4.69) is 10.0 Å². The number of nitrogens with one attached hydrogen (secondary N) is 2. The molecule has 1 saturated heterocycles. The van der Waals surface area contributed by atoms with Crippen molar-refractivity contribution in [3.8, 4) is 11.5 Å². The van der Waals surface area contributed by atoms with E-state index in [9.17, 15) is 47.3 Å². The number of hydrogen-bond acceptors (Lipinski definition) is 15. The van der Waals surface area contributed by atoms with Gasteiger partial charge < -0.3 is 34.1 Å². The van der Waals surface area contributed by atoms with Crippen LogP contribution in [0.4, 0.5) is 10.5 Å². The Kier molecular flexibility index (Phi) is 21.0. The van der Waals surface area contributed by atoms with Gasteiger partial charge >= 0.3 is 6.16 Å². The number of amides is 3. The number of non-ortho nitro benzene ring substituents is 1. The van der Waals surface area contributed by atoms with Crippen molar-refractivity contribution in [3.63, 3.8) is 0 Å². The largest absolute Gasteiger partial charge is 0.519 e. The molecule has 388 valence electrons. The van der Waals surface area contributed by atoms with Gasteiger partial charge in [-0.3, -0.25) is 38.8 Å². The first-order valence-corrected chi connectivity index (χ1v) is 25.6. The summed E-state index contributed by atoms with van der Waals surface area (Å²) in [6.07, 6.45) is -1.04. The Bertz CT molecular complexity index is 2250. The number of likely N-dealkylation sites (N-methyl/N-ethyl adjacent to an activating group) is 2. The van der Waals surface area contributed by atoms with Crippen molar-refractivity contribution in [2.75, 3.05) is 34.9 Å². The second kappa shape index (κ2) is 25.7. The molecule has 1 aliphatic heterocycles. The number of Topliss-reactive ketones (excluding diaryl/α,β-unsaturated/α-hetero) is 2. The number of likely N-dealkylation sites (tertiary alicyclic amines) is 1. The molecule has 2 N–H and O–H groups in total. The molecule has 1 saturated carbocycles. The lowest BCUT2D eigenvalue weighted by molar-refractivity contribution is -0.384. The molecule has 0 bridgehead atoms. The van der Waals surface area contributed by atoms with Crippen molar-refractivity contribution in [2.45, 2.75) is 135 Å². The van der Waals surface area contributed by atoms with Crippen molar-refractivity contribution < 1.29 is 61.1 Å². The molecule has 0 radical (unpaired) electrons. The number of nitrogens with zero attached hydrogens (tertiary/aromatic N) is 3. The van der Waals surface area contributed by atoms with Crippen LogP contribution in [-0.2, 0) is 49.9 Å². The highest BCUT2D eigenvalue weighted by molar-refractivity contribution is 7.90. The van der Waals surface area contributed by atoms with Crippen molar-refractivity contribution in [1.82, 2.24) is 19.8 Å².